The first-order chi connectivity index (χ1) is 4.12. The van der Waals surface area contributed by atoms with E-state index in [2.05, 4.69) is 5.32 Å². The lowest BCUT2D eigenvalue weighted by Gasteiger charge is -2.18. The Balaban J connectivity index is 3.48. The summed E-state index contributed by atoms with van der Waals surface area (Å²) in [5.74, 6) is 0. The molecule has 3 nitrogen and oxygen atoms in total. The first-order valence-corrected chi connectivity index (χ1v) is 2.96. The van der Waals surface area contributed by atoms with Crippen molar-refractivity contribution in [3.63, 3.8) is 0 Å². The molecule has 0 aromatic rings. The van der Waals surface area contributed by atoms with Crippen LogP contribution in [-0.4, -0.2) is 17.3 Å². The summed E-state index contributed by atoms with van der Waals surface area (Å²) in [6.45, 7) is 3.90. The second kappa shape index (κ2) is 3.31. The van der Waals surface area contributed by atoms with Gasteiger partial charge in [-0.2, -0.15) is 5.26 Å². The van der Waals surface area contributed by atoms with E-state index in [1.807, 2.05) is 6.92 Å². The summed E-state index contributed by atoms with van der Waals surface area (Å²) < 4.78 is 0. The summed E-state index contributed by atoms with van der Waals surface area (Å²) in [6, 6.07) is 0. The molecule has 0 spiro atoms. The molecule has 0 aliphatic heterocycles. The van der Waals surface area contributed by atoms with E-state index < -0.39 is 5.60 Å². The summed E-state index contributed by atoms with van der Waals surface area (Å²) in [5, 5.41) is 19.7. The lowest BCUT2D eigenvalue weighted by molar-refractivity contribution is 0.0598. The number of hydrogen-bond donors (Lipinski definition) is 2. The number of nitriles is 1. The minimum Gasteiger partial charge on any atom is -0.388 e. The Morgan fingerprint density at radius 2 is 2.33 bits per heavy atom. The van der Waals surface area contributed by atoms with Gasteiger partial charge >= 0.3 is 0 Å². The molecule has 0 heterocycles. The largest absolute Gasteiger partial charge is 0.388 e. The average molecular weight is 128 g/mol. The molecule has 0 amide bonds. The van der Waals surface area contributed by atoms with Gasteiger partial charge in [-0.25, -0.2) is 0 Å². The van der Waals surface area contributed by atoms with E-state index in [9.17, 15) is 5.11 Å². The Kier molecular flexibility index (Phi) is 3.03. The lowest BCUT2D eigenvalue weighted by atomic mass is 10.0. The van der Waals surface area contributed by atoms with E-state index in [1.54, 1.807) is 13.1 Å². The van der Waals surface area contributed by atoms with Crippen LogP contribution < -0.4 is 5.32 Å². The molecular formula is C6H12N2O. The van der Waals surface area contributed by atoms with Gasteiger partial charge in [-0.1, -0.05) is 6.92 Å². The molecule has 9 heavy (non-hydrogen) atoms. The minimum atomic E-state index is -0.740. The van der Waals surface area contributed by atoms with Crippen LogP contribution in [0.4, 0.5) is 0 Å². The average Bonchev–Trinajstić information content (AvgIpc) is 1.84. The van der Waals surface area contributed by atoms with Gasteiger partial charge in [0.25, 0.3) is 0 Å². The van der Waals surface area contributed by atoms with E-state index >= 15 is 0 Å². The van der Waals surface area contributed by atoms with Crippen molar-refractivity contribution >= 4 is 0 Å². The van der Waals surface area contributed by atoms with Crippen molar-refractivity contribution < 1.29 is 5.11 Å². The number of nitrogens with zero attached hydrogens (tertiary/aromatic N) is 1. The van der Waals surface area contributed by atoms with Gasteiger partial charge in [-0.05, 0) is 13.3 Å². The molecule has 1 unspecified atom stereocenters. The van der Waals surface area contributed by atoms with Gasteiger partial charge in [-0.3, -0.25) is 0 Å². The lowest BCUT2D eigenvalue weighted by Crippen LogP contribution is -2.34. The smallest absolute Gasteiger partial charge is 0.176 e. The van der Waals surface area contributed by atoms with Crippen LogP contribution in [0.1, 0.15) is 20.3 Å². The van der Waals surface area contributed by atoms with Crippen molar-refractivity contribution in [1.29, 1.82) is 5.26 Å². The van der Waals surface area contributed by atoms with E-state index in [4.69, 9.17) is 5.26 Å². The molecule has 0 aromatic carbocycles. The Hall–Kier alpha value is -0.750. The highest BCUT2D eigenvalue weighted by molar-refractivity contribution is 4.78. The van der Waals surface area contributed by atoms with Crippen LogP contribution in [-0.2, 0) is 0 Å². The molecule has 3 heteroatoms. The standard InChI is InChI=1S/C6H12N2O/c1-3-6(2,9)4-8-5-7/h8-9H,3-4H2,1-2H3. The molecule has 0 aromatic heterocycles. The SMILES string of the molecule is CCC(C)(O)CNC#N. The Labute approximate surface area is 55.3 Å². The predicted octanol–water partition coefficient (Wildman–Crippen LogP) is 0.218. The molecule has 0 aliphatic rings. The maximum atomic E-state index is 9.24. The van der Waals surface area contributed by atoms with Gasteiger partial charge in [0, 0.05) is 0 Å². The fraction of sp³-hybridized carbons (Fsp3) is 0.833. The van der Waals surface area contributed by atoms with Crippen molar-refractivity contribution in [2.45, 2.75) is 25.9 Å². The third-order valence-electron chi connectivity index (χ3n) is 1.31. The number of hydrogen-bond acceptors (Lipinski definition) is 3. The molecule has 0 saturated carbocycles. The van der Waals surface area contributed by atoms with E-state index in [0.29, 0.717) is 13.0 Å². The molecule has 1 atom stereocenters. The summed E-state index contributed by atoms with van der Waals surface area (Å²) in [5.41, 5.74) is -0.740. The Morgan fingerprint density at radius 3 is 2.67 bits per heavy atom. The van der Waals surface area contributed by atoms with Crippen LogP contribution in [0.3, 0.4) is 0 Å². The molecule has 0 bridgehead atoms. The van der Waals surface area contributed by atoms with Crippen molar-refractivity contribution in [3.8, 4) is 6.19 Å². The number of aliphatic hydroxyl groups is 1. The molecular weight excluding hydrogens is 116 g/mol. The van der Waals surface area contributed by atoms with Crippen LogP contribution in [0.15, 0.2) is 0 Å². The normalized spacial score (nSPS) is 15.8. The van der Waals surface area contributed by atoms with Crippen LogP contribution in [0.2, 0.25) is 0 Å². The quantitative estimate of drug-likeness (QED) is 0.422. The maximum absolute atomic E-state index is 9.24. The highest BCUT2D eigenvalue weighted by atomic mass is 16.3. The van der Waals surface area contributed by atoms with Gasteiger partial charge in [-0.15, -0.1) is 0 Å². The minimum absolute atomic E-state index is 0.333. The van der Waals surface area contributed by atoms with Crippen molar-refractivity contribution in [2.75, 3.05) is 6.54 Å². The van der Waals surface area contributed by atoms with Crippen molar-refractivity contribution in [1.82, 2.24) is 5.32 Å². The molecule has 0 radical (unpaired) electrons. The molecule has 0 fully saturated rings. The van der Waals surface area contributed by atoms with Crippen LogP contribution >= 0.6 is 0 Å². The van der Waals surface area contributed by atoms with E-state index in [1.165, 1.54) is 0 Å². The van der Waals surface area contributed by atoms with Crippen molar-refractivity contribution in [3.05, 3.63) is 0 Å². The molecule has 0 rings (SSSR count). The maximum Gasteiger partial charge on any atom is 0.176 e. The highest BCUT2D eigenvalue weighted by Crippen LogP contribution is 2.04. The Morgan fingerprint density at radius 1 is 1.78 bits per heavy atom. The van der Waals surface area contributed by atoms with Crippen molar-refractivity contribution in [2.24, 2.45) is 0 Å². The Bertz CT molecular complexity index is 115. The fourth-order valence-electron chi connectivity index (χ4n) is 0.355. The first-order valence-electron chi connectivity index (χ1n) is 2.96. The summed E-state index contributed by atoms with van der Waals surface area (Å²) in [6.07, 6.45) is 2.40. The molecule has 0 saturated heterocycles. The fourth-order valence-corrected chi connectivity index (χ4v) is 0.355. The molecule has 2 N–H and O–H groups in total. The van der Waals surface area contributed by atoms with Gasteiger partial charge in [0.15, 0.2) is 6.19 Å². The van der Waals surface area contributed by atoms with Gasteiger partial charge < -0.3 is 10.4 Å². The molecule has 52 valence electrons. The summed E-state index contributed by atoms with van der Waals surface area (Å²) >= 11 is 0. The van der Waals surface area contributed by atoms with Gasteiger partial charge in [0.1, 0.15) is 0 Å². The van der Waals surface area contributed by atoms with Gasteiger partial charge in [0.05, 0.1) is 12.1 Å². The van der Waals surface area contributed by atoms with Crippen LogP contribution in [0, 0.1) is 11.5 Å². The highest BCUT2D eigenvalue weighted by Gasteiger charge is 2.15. The second-order valence-corrected chi connectivity index (χ2v) is 2.32. The zero-order chi connectivity index (χ0) is 7.33. The number of nitrogens with one attached hydrogen (secondary N) is 1. The van der Waals surface area contributed by atoms with Crippen LogP contribution in [0.5, 0.6) is 0 Å². The summed E-state index contributed by atoms with van der Waals surface area (Å²) in [7, 11) is 0. The second-order valence-electron chi connectivity index (χ2n) is 2.32. The zero-order valence-corrected chi connectivity index (χ0v) is 5.81. The first kappa shape index (κ1) is 8.25. The van der Waals surface area contributed by atoms with Gasteiger partial charge in [0.2, 0.25) is 0 Å². The third-order valence-corrected chi connectivity index (χ3v) is 1.31. The van der Waals surface area contributed by atoms with Crippen LogP contribution in [0.25, 0.3) is 0 Å². The zero-order valence-electron chi connectivity index (χ0n) is 5.81. The van der Waals surface area contributed by atoms with E-state index in [0.717, 1.165) is 0 Å². The topological polar surface area (TPSA) is 56.0 Å². The van der Waals surface area contributed by atoms with E-state index in [-0.39, 0.29) is 0 Å². The summed E-state index contributed by atoms with van der Waals surface area (Å²) in [4.78, 5) is 0. The molecule has 0 aliphatic carbocycles. The number of rotatable bonds is 3. The third kappa shape index (κ3) is 3.80. The predicted molar refractivity (Wildman–Crippen MR) is 34.5 cm³/mol. The monoisotopic (exact) mass is 128 g/mol.